The van der Waals surface area contributed by atoms with E-state index in [1.807, 2.05) is 0 Å². The normalized spacial score (nSPS) is 10.2. The molecule has 9 nitrogen and oxygen atoms in total. The maximum Gasteiger partial charge on any atom is 0.330 e. The average Bonchev–Trinajstić information content (AvgIpc) is 2.74. The van der Waals surface area contributed by atoms with E-state index in [9.17, 15) is 14.4 Å². The molecule has 29 heavy (non-hydrogen) atoms. The Balaban J connectivity index is 4.05. The van der Waals surface area contributed by atoms with Crippen molar-refractivity contribution < 1.29 is 42.8 Å². The predicted molar refractivity (Wildman–Crippen MR) is 104 cm³/mol. The fourth-order valence-corrected chi connectivity index (χ4v) is 1.85. The van der Waals surface area contributed by atoms with E-state index in [-0.39, 0.29) is 45.6 Å². The molecule has 0 spiro atoms. The van der Waals surface area contributed by atoms with Gasteiger partial charge in [0.25, 0.3) is 0 Å². The van der Waals surface area contributed by atoms with Crippen molar-refractivity contribution in [3.05, 3.63) is 38.0 Å². The molecule has 0 bridgehead atoms. The minimum absolute atomic E-state index is 0.0101. The minimum atomic E-state index is -0.506. The lowest BCUT2D eigenvalue weighted by atomic mass is 10.1. The number of rotatable bonds is 19. The molecule has 0 radical (unpaired) electrons. The lowest BCUT2D eigenvalue weighted by Gasteiger charge is -2.17. The molecule has 164 valence electrons. The lowest BCUT2D eigenvalue weighted by molar-refractivity contribution is -0.140. The van der Waals surface area contributed by atoms with Crippen LogP contribution in [0.5, 0.6) is 0 Å². The molecule has 0 atom stereocenters. The van der Waals surface area contributed by atoms with Gasteiger partial charge < -0.3 is 28.4 Å². The summed E-state index contributed by atoms with van der Waals surface area (Å²) in [4.78, 5) is 32.8. The van der Waals surface area contributed by atoms with Crippen molar-refractivity contribution in [2.75, 3.05) is 59.5 Å². The SMILES string of the molecule is C=CC(=O)OCCOCCC(COCCOC(=O)C=C)COCCOC(=O)C=C. The zero-order valence-electron chi connectivity index (χ0n) is 16.7. The number of hydrogen-bond donors (Lipinski definition) is 0. The van der Waals surface area contributed by atoms with E-state index in [1.165, 1.54) is 0 Å². The molecule has 0 amide bonds. The third-order valence-electron chi connectivity index (χ3n) is 3.29. The maximum absolute atomic E-state index is 11.0. The number of ether oxygens (including phenoxy) is 6. The molecule has 0 heterocycles. The van der Waals surface area contributed by atoms with Crippen LogP contribution in [-0.4, -0.2) is 77.4 Å². The van der Waals surface area contributed by atoms with E-state index in [4.69, 9.17) is 28.4 Å². The van der Waals surface area contributed by atoms with Gasteiger partial charge in [-0.15, -0.1) is 0 Å². The molecule has 0 aliphatic rings. The molecule has 0 aliphatic heterocycles. The molecule has 9 heteroatoms. The largest absolute Gasteiger partial charge is 0.460 e. The summed E-state index contributed by atoms with van der Waals surface area (Å²) < 4.78 is 30.9. The highest BCUT2D eigenvalue weighted by molar-refractivity contribution is 5.81. The van der Waals surface area contributed by atoms with Crippen molar-refractivity contribution >= 4 is 17.9 Å². The maximum atomic E-state index is 11.0. The van der Waals surface area contributed by atoms with Gasteiger partial charge in [-0.25, -0.2) is 14.4 Å². The van der Waals surface area contributed by atoms with Gasteiger partial charge in [0.2, 0.25) is 0 Å². The van der Waals surface area contributed by atoms with Crippen LogP contribution >= 0.6 is 0 Å². The van der Waals surface area contributed by atoms with Crippen LogP contribution in [0.2, 0.25) is 0 Å². The smallest absolute Gasteiger partial charge is 0.330 e. The van der Waals surface area contributed by atoms with Gasteiger partial charge in [0.05, 0.1) is 33.0 Å². The van der Waals surface area contributed by atoms with Gasteiger partial charge in [0, 0.05) is 30.8 Å². The number of hydrogen-bond acceptors (Lipinski definition) is 9. The topological polar surface area (TPSA) is 107 Å². The Morgan fingerprint density at radius 1 is 0.586 bits per heavy atom. The van der Waals surface area contributed by atoms with Gasteiger partial charge >= 0.3 is 17.9 Å². The standard InChI is InChI=1S/C20H30O9/c1-4-18(21)27-12-9-24-8-7-17(15-25-10-13-28-19(22)5-2)16-26-11-14-29-20(23)6-3/h4-6,17H,1-3,7-16H2. The summed E-state index contributed by atoms with van der Waals surface area (Å²) in [5.41, 5.74) is 0. The molecule has 0 saturated heterocycles. The summed E-state index contributed by atoms with van der Waals surface area (Å²) >= 11 is 0. The number of carbonyl (C=O) groups is 3. The fourth-order valence-electron chi connectivity index (χ4n) is 1.85. The zero-order chi connectivity index (χ0) is 21.7. The van der Waals surface area contributed by atoms with E-state index in [0.717, 1.165) is 18.2 Å². The van der Waals surface area contributed by atoms with Gasteiger partial charge in [-0.3, -0.25) is 0 Å². The number of esters is 3. The second-order valence-electron chi connectivity index (χ2n) is 5.53. The second-order valence-corrected chi connectivity index (χ2v) is 5.53. The Morgan fingerprint density at radius 3 is 1.34 bits per heavy atom. The molecule has 0 N–H and O–H groups in total. The van der Waals surface area contributed by atoms with Gasteiger partial charge in [0.15, 0.2) is 0 Å². The number of carbonyl (C=O) groups excluding carboxylic acids is 3. The van der Waals surface area contributed by atoms with Crippen molar-refractivity contribution in [1.82, 2.24) is 0 Å². The molecule has 0 fully saturated rings. The van der Waals surface area contributed by atoms with Crippen LogP contribution in [0, 0.1) is 5.92 Å². The Kier molecular flexibility index (Phi) is 17.2. The minimum Gasteiger partial charge on any atom is -0.460 e. The third-order valence-corrected chi connectivity index (χ3v) is 3.29. The van der Waals surface area contributed by atoms with Crippen LogP contribution in [-0.2, 0) is 42.8 Å². The summed E-state index contributed by atoms with van der Waals surface area (Å²) in [5.74, 6) is -1.50. The van der Waals surface area contributed by atoms with Crippen molar-refractivity contribution in [1.29, 1.82) is 0 Å². The quantitative estimate of drug-likeness (QED) is 0.133. The van der Waals surface area contributed by atoms with Crippen molar-refractivity contribution in [2.45, 2.75) is 6.42 Å². The van der Waals surface area contributed by atoms with Crippen molar-refractivity contribution in [2.24, 2.45) is 5.92 Å². The summed E-state index contributed by atoms with van der Waals surface area (Å²) in [6, 6.07) is 0. The molecule has 0 aliphatic carbocycles. The van der Waals surface area contributed by atoms with E-state index < -0.39 is 17.9 Å². The molecule has 0 unspecified atom stereocenters. The zero-order valence-corrected chi connectivity index (χ0v) is 16.7. The van der Waals surface area contributed by atoms with E-state index in [0.29, 0.717) is 26.2 Å². The monoisotopic (exact) mass is 414 g/mol. The molecule has 0 aromatic heterocycles. The van der Waals surface area contributed by atoms with E-state index in [2.05, 4.69) is 19.7 Å². The summed E-state index contributed by atoms with van der Waals surface area (Å²) in [5, 5.41) is 0. The molecule has 0 rings (SSSR count). The van der Waals surface area contributed by atoms with Crippen LogP contribution in [0.15, 0.2) is 38.0 Å². The van der Waals surface area contributed by atoms with Gasteiger partial charge in [-0.1, -0.05) is 19.7 Å². The Hall–Kier alpha value is -2.49. The lowest BCUT2D eigenvalue weighted by Crippen LogP contribution is -2.22. The first-order valence-electron chi connectivity index (χ1n) is 9.14. The average molecular weight is 414 g/mol. The van der Waals surface area contributed by atoms with E-state index in [1.54, 1.807) is 0 Å². The van der Waals surface area contributed by atoms with Crippen LogP contribution < -0.4 is 0 Å². The highest BCUT2D eigenvalue weighted by Crippen LogP contribution is 2.06. The first-order valence-corrected chi connectivity index (χ1v) is 9.14. The Morgan fingerprint density at radius 2 is 0.966 bits per heavy atom. The van der Waals surface area contributed by atoms with Crippen molar-refractivity contribution in [3.8, 4) is 0 Å². The summed E-state index contributed by atoms with van der Waals surface area (Å²) in [6.07, 6.45) is 3.89. The Labute approximate surface area is 171 Å². The predicted octanol–water partition coefficient (Wildman–Crippen LogP) is 1.23. The van der Waals surface area contributed by atoms with Crippen LogP contribution in [0.1, 0.15) is 6.42 Å². The highest BCUT2D eigenvalue weighted by Gasteiger charge is 2.11. The first-order chi connectivity index (χ1) is 14.0. The highest BCUT2D eigenvalue weighted by atomic mass is 16.6. The van der Waals surface area contributed by atoms with Crippen LogP contribution in [0.4, 0.5) is 0 Å². The molecular weight excluding hydrogens is 384 g/mol. The van der Waals surface area contributed by atoms with Gasteiger partial charge in [-0.2, -0.15) is 0 Å². The Bertz CT molecular complexity index is 486. The first kappa shape index (κ1) is 26.5. The van der Waals surface area contributed by atoms with E-state index >= 15 is 0 Å². The van der Waals surface area contributed by atoms with Crippen LogP contribution in [0.3, 0.4) is 0 Å². The second kappa shape index (κ2) is 18.9. The van der Waals surface area contributed by atoms with Crippen molar-refractivity contribution in [3.63, 3.8) is 0 Å². The molecule has 0 saturated carbocycles. The molecular formula is C20H30O9. The van der Waals surface area contributed by atoms with Gasteiger partial charge in [-0.05, 0) is 6.42 Å². The summed E-state index contributed by atoms with van der Waals surface area (Å²) in [7, 11) is 0. The van der Waals surface area contributed by atoms with Gasteiger partial charge in [0.1, 0.15) is 19.8 Å². The molecule has 0 aromatic rings. The summed E-state index contributed by atoms with van der Waals surface area (Å²) in [6.45, 7) is 12.2. The molecule has 0 aromatic carbocycles. The fraction of sp³-hybridized carbons (Fsp3) is 0.550. The van der Waals surface area contributed by atoms with Crippen LogP contribution in [0.25, 0.3) is 0 Å². The third kappa shape index (κ3) is 17.3.